The smallest absolute Gasteiger partial charge is 0.214 e. The second-order valence-electron chi connectivity index (χ2n) is 7.97. The Hall–Kier alpha value is -2.65. The minimum atomic E-state index is -0.756. The van der Waals surface area contributed by atoms with Gasteiger partial charge in [-0.2, -0.15) is 9.65 Å². The molecule has 1 aromatic heterocycles. The fourth-order valence-corrected chi connectivity index (χ4v) is 3.64. The summed E-state index contributed by atoms with van der Waals surface area (Å²) in [6.45, 7) is 6.53. The number of benzene rings is 1. The summed E-state index contributed by atoms with van der Waals surface area (Å²) in [5.74, 6) is 0.0495. The highest BCUT2D eigenvalue weighted by molar-refractivity contribution is 5.67. The zero-order chi connectivity index (χ0) is 20.1. The lowest BCUT2D eigenvalue weighted by Gasteiger charge is -2.38. The quantitative estimate of drug-likeness (QED) is 0.766. The molecule has 0 radical (unpaired) electrons. The molecule has 0 saturated carbocycles. The molecule has 1 aliphatic heterocycles. The van der Waals surface area contributed by atoms with Crippen LogP contribution in [0, 0.1) is 17.3 Å². The van der Waals surface area contributed by atoms with Crippen molar-refractivity contribution in [1.82, 2.24) is 9.88 Å². The number of piperidine rings is 1. The van der Waals surface area contributed by atoms with Gasteiger partial charge in [0.25, 0.3) is 0 Å². The zero-order valence-electron chi connectivity index (χ0n) is 16.8. The molecule has 28 heavy (non-hydrogen) atoms. The van der Waals surface area contributed by atoms with Gasteiger partial charge in [0.1, 0.15) is 5.54 Å². The van der Waals surface area contributed by atoms with Crippen molar-refractivity contribution in [1.29, 1.82) is 5.26 Å². The standard InChI is InChI=1S/C22H28FN5/c1-22(2,16-24)26-19-9-10-20(23)25-21(19)27(3)18-11-13-28(14-12-18)15-17-7-5-4-6-8-17/h4-10,18,26H,11-15H2,1-3H3. The van der Waals surface area contributed by atoms with Crippen molar-refractivity contribution in [3.8, 4) is 6.07 Å². The van der Waals surface area contributed by atoms with E-state index in [2.05, 4.69) is 50.4 Å². The first kappa shape index (κ1) is 20.1. The Morgan fingerprint density at radius 2 is 1.89 bits per heavy atom. The molecule has 2 aromatic rings. The van der Waals surface area contributed by atoms with E-state index >= 15 is 0 Å². The van der Waals surface area contributed by atoms with Gasteiger partial charge in [0.15, 0.2) is 5.82 Å². The van der Waals surface area contributed by atoms with Crippen molar-refractivity contribution in [2.24, 2.45) is 0 Å². The number of nitrogens with one attached hydrogen (secondary N) is 1. The number of hydrogen-bond acceptors (Lipinski definition) is 5. The number of rotatable bonds is 6. The third kappa shape index (κ3) is 4.99. The number of aromatic nitrogens is 1. The van der Waals surface area contributed by atoms with Gasteiger partial charge >= 0.3 is 0 Å². The van der Waals surface area contributed by atoms with Crippen LogP contribution in [-0.4, -0.2) is 41.6 Å². The van der Waals surface area contributed by atoms with Gasteiger partial charge in [-0.1, -0.05) is 30.3 Å². The van der Waals surface area contributed by atoms with Crippen LogP contribution >= 0.6 is 0 Å². The maximum atomic E-state index is 13.9. The van der Waals surface area contributed by atoms with Gasteiger partial charge in [-0.05, 0) is 44.4 Å². The number of hydrogen-bond donors (Lipinski definition) is 1. The van der Waals surface area contributed by atoms with E-state index in [9.17, 15) is 9.65 Å². The molecule has 148 valence electrons. The first-order valence-electron chi connectivity index (χ1n) is 9.73. The number of pyridine rings is 1. The molecule has 2 heterocycles. The normalized spacial score (nSPS) is 15.8. The summed E-state index contributed by atoms with van der Waals surface area (Å²) in [6, 6.07) is 16.0. The molecule has 1 aromatic carbocycles. The molecule has 5 nitrogen and oxygen atoms in total. The van der Waals surface area contributed by atoms with Gasteiger partial charge in [-0.15, -0.1) is 0 Å². The highest BCUT2D eigenvalue weighted by atomic mass is 19.1. The summed E-state index contributed by atoms with van der Waals surface area (Å²) in [7, 11) is 1.96. The zero-order valence-corrected chi connectivity index (χ0v) is 16.8. The third-order valence-electron chi connectivity index (χ3n) is 5.26. The Labute approximate surface area is 166 Å². The van der Waals surface area contributed by atoms with Crippen LogP contribution in [0.3, 0.4) is 0 Å². The van der Waals surface area contributed by atoms with Crippen LogP contribution in [0.4, 0.5) is 15.9 Å². The van der Waals surface area contributed by atoms with Crippen LogP contribution in [0.25, 0.3) is 0 Å². The summed E-state index contributed by atoms with van der Waals surface area (Å²) >= 11 is 0. The summed E-state index contributed by atoms with van der Waals surface area (Å²) in [5, 5.41) is 12.5. The number of likely N-dealkylation sites (tertiary alicyclic amines) is 1. The Balaban J connectivity index is 1.67. The Morgan fingerprint density at radius 3 is 2.54 bits per heavy atom. The van der Waals surface area contributed by atoms with Gasteiger partial charge in [-0.25, -0.2) is 4.98 Å². The SMILES string of the molecule is CN(c1nc(F)ccc1NC(C)(C)C#N)C1CCN(Cc2ccccc2)CC1. The van der Waals surface area contributed by atoms with E-state index in [4.69, 9.17) is 0 Å². The minimum Gasteiger partial charge on any atom is -0.365 e. The van der Waals surface area contributed by atoms with Crippen LogP contribution < -0.4 is 10.2 Å². The molecule has 0 amide bonds. The average molecular weight is 381 g/mol. The first-order valence-corrected chi connectivity index (χ1v) is 9.73. The summed E-state index contributed by atoms with van der Waals surface area (Å²) in [4.78, 5) is 8.64. The largest absolute Gasteiger partial charge is 0.365 e. The molecule has 1 N–H and O–H groups in total. The number of halogens is 1. The maximum Gasteiger partial charge on any atom is 0.214 e. The first-order chi connectivity index (χ1) is 13.4. The average Bonchev–Trinajstić information content (AvgIpc) is 2.70. The summed E-state index contributed by atoms with van der Waals surface area (Å²) < 4.78 is 13.9. The Kier molecular flexibility index (Phi) is 6.15. The number of anilines is 2. The van der Waals surface area contributed by atoms with E-state index in [1.807, 2.05) is 13.1 Å². The van der Waals surface area contributed by atoms with Crippen molar-refractivity contribution in [2.45, 2.75) is 44.8 Å². The van der Waals surface area contributed by atoms with Crippen LogP contribution in [0.15, 0.2) is 42.5 Å². The molecular formula is C22H28FN5. The van der Waals surface area contributed by atoms with Gasteiger partial charge in [-0.3, -0.25) is 4.90 Å². The maximum absolute atomic E-state index is 13.9. The van der Waals surface area contributed by atoms with E-state index in [1.165, 1.54) is 11.6 Å². The molecule has 0 spiro atoms. The molecule has 1 fully saturated rings. The van der Waals surface area contributed by atoms with Gasteiger partial charge in [0.2, 0.25) is 5.95 Å². The molecule has 1 aliphatic rings. The van der Waals surface area contributed by atoms with E-state index in [0.717, 1.165) is 32.5 Å². The second-order valence-corrected chi connectivity index (χ2v) is 7.97. The van der Waals surface area contributed by atoms with Gasteiger partial charge < -0.3 is 10.2 Å². The molecule has 6 heteroatoms. The number of nitrogens with zero attached hydrogens (tertiary/aromatic N) is 4. The molecule has 3 rings (SSSR count). The van der Waals surface area contributed by atoms with Crippen molar-refractivity contribution in [3.05, 3.63) is 54.0 Å². The van der Waals surface area contributed by atoms with E-state index in [0.29, 0.717) is 11.5 Å². The molecular weight excluding hydrogens is 353 g/mol. The molecule has 0 unspecified atom stereocenters. The molecule has 1 saturated heterocycles. The fraction of sp³-hybridized carbons (Fsp3) is 0.455. The highest BCUT2D eigenvalue weighted by Crippen LogP contribution is 2.30. The van der Waals surface area contributed by atoms with Crippen molar-refractivity contribution >= 4 is 11.5 Å². The molecule has 0 atom stereocenters. The predicted molar refractivity (Wildman–Crippen MR) is 111 cm³/mol. The highest BCUT2D eigenvalue weighted by Gasteiger charge is 2.26. The van der Waals surface area contributed by atoms with E-state index < -0.39 is 11.5 Å². The Morgan fingerprint density at radius 1 is 1.21 bits per heavy atom. The van der Waals surface area contributed by atoms with Crippen molar-refractivity contribution in [2.75, 3.05) is 30.4 Å². The van der Waals surface area contributed by atoms with Crippen LogP contribution in [0.5, 0.6) is 0 Å². The fourth-order valence-electron chi connectivity index (χ4n) is 3.64. The summed E-state index contributed by atoms with van der Waals surface area (Å²) in [5.41, 5.74) is 1.25. The Bertz CT molecular complexity index is 823. The van der Waals surface area contributed by atoms with Gasteiger partial charge in [0.05, 0.1) is 11.8 Å². The van der Waals surface area contributed by atoms with E-state index in [-0.39, 0.29) is 6.04 Å². The number of nitriles is 1. The predicted octanol–water partition coefficient (Wildman–Crippen LogP) is 4.04. The monoisotopic (exact) mass is 381 g/mol. The minimum absolute atomic E-state index is 0.284. The van der Waals surface area contributed by atoms with Crippen LogP contribution in [-0.2, 0) is 6.54 Å². The van der Waals surface area contributed by atoms with Crippen molar-refractivity contribution < 1.29 is 4.39 Å². The van der Waals surface area contributed by atoms with Gasteiger partial charge in [0, 0.05) is 32.7 Å². The lowest BCUT2D eigenvalue weighted by molar-refractivity contribution is 0.203. The molecule has 0 bridgehead atoms. The second kappa shape index (κ2) is 8.57. The topological polar surface area (TPSA) is 55.2 Å². The third-order valence-corrected chi connectivity index (χ3v) is 5.26. The van der Waals surface area contributed by atoms with Crippen LogP contribution in [0.2, 0.25) is 0 Å². The lowest BCUT2D eigenvalue weighted by atomic mass is 10.0. The lowest BCUT2D eigenvalue weighted by Crippen LogP contribution is -2.44. The van der Waals surface area contributed by atoms with Crippen LogP contribution in [0.1, 0.15) is 32.3 Å². The molecule has 0 aliphatic carbocycles. The van der Waals surface area contributed by atoms with Crippen molar-refractivity contribution in [3.63, 3.8) is 0 Å². The van der Waals surface area contributed by atoms with E-state index in [1.54, 1.807) is 19.9 Å². The summed E-state index contributed by atoms with van der Waals surface area (Å²) in [6.07, 6.45) is 1.98.